The van der Waals surface area contributed by atoms with Gasteiger partial charge in [-0.3, -0.25) is 0 Å². The fourth-order valence-corrected chi connectivity index (χ4v) is 3.13. The van der Waals surface area contributed by atoms with Gasteiger partial charge in [-0.1, -0.05) is 33.6 Å². The molecule has 104 valence electrons. The predicted molar refractivity (Wildman–Crippen MR) is 76.4 cm³/mol. The highest BCUT2D eigenvalue weighted by Crippen LogP contribution is 2.33. The average Bonchev–Trinajstić information content (AvgIpc) is 2.85. The molecule has 0 heterocycles. The SMILES string of the molecule is CCC(CC)CN(CC)C1CCC(C#N)(NC)C1. The van der Waals surface area contributed by atoms with Crippen LogP contribution >= 0.6 is 0 Å². The number of nitrogens with zero attached hydrogens (tertiary/aromatic N) is 2. The van der Waals surface area contributed by atoms with Crippen molar-refractivity contribution in [2.45, 2.75) is 64.5 Å². The van der Waals surface area contributed by atoms with Crippen LogP contribution in [0.25, 0.3) is 0 Å². The highest BCUT2D eigenvalue weighted by molar-refractivity contribution is 5.12. The molecular formula is C15H29N3. The van der Waals surface area contributed by atoms with Crippen molar-refractivity contribution in [3.63, 3.8) is 0 Å². The Morgan fingerprint density at radius 2 is 2.06 bits per heavy atom. The lowest BCUT2D eigenvalue weighted by molar-refractivity contribution is 0.167. The largest absolute Gasteiger partial charge is 0.302 e. The molecule has 1 saturated carbocycles. The van der Waals surface area contributed by atoms with Crippen LogP contribution < -0.4 is 5.32 Å². The number of hydrogen-bond donors (Lipinski definition) is 1. The maximum Gasteiger partial charge on any atom is 0.108 e. The Hall–Kier alpha value is -0.590. The molecule has 0 bridgehead atoms. The zero-order valence-corrected chi connectivity index (χ0v) is 12.5. The first kappa shape index (κ1) is 15.5. The molecule has 0 spiro atoms. The van der Waals surface area contributed by atoms with Gasteiger partial charge in [0, 0.05) is 12.6 Å². The van der Waals surface area contributed by atoms with Crippen molar-refractivity contribution in [1.29, 1.82) is 5.26 Å². The quantitative estimate of drug-likeness (QED) is 0.756. The molecule has 0 amide bonds. The van der Waals surface area contributed by atoms with E-state index in [0.29, 0.717) is 6.04 Å². The summed E-state index contributed by atoms with van der Waals surface area (Å²) in [5, 5.41) is 12.6. The summed E-state index contributed by atoms with van der Waals surface area (Å²) in [5.41, 5.74) is -0.272. The lowest BCUT2D eigenvalue weighted by Gasteiger charge is -2.31. The molecule has 3 nitrogen and oxygen atoms in total. The molecule has 0 aromatic rings. The van der Waals surface area contributed by atoms with E-state index in [1.54, 1.807) is 0 Å². The Kier molecular flexibility index (Phi) is 6.11. The van der Waals surface area contributed by atoms with Crippen LogP contribution in [0.5, 0.6) is 0 Å². The van der Waals surface area contributed by atoms with Crippen molar-refractivity contribution < 1.29 is 0 Å². The summed E-state index contributed by atoms with van der Waals surface area (Å²) in [4.78, 5) is 2.59. The number of nitrogens with one attached hydrogen (secondary N) is 1. The third-order valence-electron chi connectivity index (χ3n) is 4.75. The summed E-state index contributed by atoms with van der Waals surface area (Å²) in [5.74, 6) is 0.802. The van der Waals surface area contributed by atoms with E-state index in [9.17, 15) is 5.26 Å². The average molecular weight is 251 g/mol. The highest BCUT2D eigenvalue weighted by atomic mass is 15.2. The van der Waals surface area contributed by atoms with E-state index in [2.05, 4.69) is 37.1 Å². The molecule has 1 rings (SSSR count). The molecule has 18 heavy (non-hydrogen) atoms. The van der Waals surface area contributed by atoms with E-state index >= 15 is 0 Å². The van der Waals surface area contributed by atoms with Gasteiger partial charge < -0.3 is 10.2 Å². The van der Waals surface area contributed by atoms with Crippen molar-refractivity contribution in [2.24, 2.45) is 5.92 Å². The van der Waals surface area contributed by atoms with E-state index < -0.39 is 0 Å². The maximum atomic E-state index is 9.33. The molecule has 1 aliphatic rings. The normalized spacial score (nSPS) is 27.9. The van der Waals surface area contributed by atoms with Crippen LogP contribution in [-0.2, 0) is 0 Å². The summed E-state index contributed by atoms with van der Waals surface area (Å²) in [6.07, 6.45) is 5.64. The third-order valence-corrected chi connectivity index (χ3v) is 4.75. The van der Waals surface area contributed by atoms with Crippen molar-refractivity contribution in [2.75, 3.05) is 20.1 Å². The van der Waals surface area contributed by atoms with Gasteiger partial charge in [0.25, 0.3) is 0 Å². The molecule has 0 radical (unpaired) electrons. The Morgan fingerprint density at radius 1 is 1.39 bits per heavy atom. The smallest absolute Gasteiger partial charge is 0.108 e. The van der Waals surface area contributed by atoms with Crippen molar-refractivity contribution in [3.05, 3.63) is 0 Å². The van der Waals surface area contributed by atoms with E-state index in [1.165, 1.54) is 19.4 Å². The summed E-state index contributed by atoms with van der Waals surface area (Å²) >= 11 is 0. The zero-order chi connectivity index (χ0) is 13.6. The van der Waals surface area contributed by atoms with Crippen LogP contribution in [-0.4, -0.2) is 36.6 Å². The lowest BCUT2D eigenvalue weighted by atomic mass is 9.98. The Balaban J connectivity index is 2.60. The Bertz CT molecular complexity index is 280. The monoisotopic (exact) mass is 251 g/mol. The molecule has 2 unspecified atom stereocenters. The van der Waals surface area contributed by atoms with E-state index in [4.69, 9.17) is 0 Å². The highest BCUT2D eigenvalue weighted by Gasteiger charge is 2.40. The second-order valence-electron chi connectivity index (χ2n) is 5.61. The molecule has 0 saturated heterocycles. The van der Waals surface area contributed by atoms with Crippen molar-refractivity contribution in [3.8, 4) is 6.07 Å². The number of rotatable bonds is 7. The van der Waals surface area contributed by atoms with Gasteiger partial charge >= 0.3 is 0 Å². The first-order chi connectivity index (χ1) is 8.64. The minimum Gasteiger partial charge on any atom is -0.302 e. The van der Waals surface area contributed by atoms with Gasteiger partial charge in [0.15, 0.2) is 0 Å². The first-order valence-corrected chi connectivity index (χ1v) is 7.48. The van der Waals surface area contributed by atoms with Crippen LogP contribution in [0.2, 0.25) is 0 Å². The molecule has 0 aromatic carbocycles. The van der Waals surface area contributed by atoms with Gasteiger partial charge in [-0.2, -0.15) is 5.26 Å². The first-order valence-electron chi connectivity index (χ1n) is 7.48. The standard InChI is InChI=1S/C15H29N3/c1-5-13(6-2)11-18(7-3)14-8-9-15(10-14,12-16)17-4/h13-14,17H,5-11H2,1-4H3. The van der Waals surface area contributed by atoms with Crippen LogP contribution in [0, 0.1) is 17.2 Å². The lowest BCUT2D eigenvalue weighted by Crippen LogP contribution is -2.43. The summed E-state index contributed by atoms with van der Waals surface area (Å²) in [7, 11) is 1.92. The number of nitriles is 1. The van der Waals surface area contributed by atoms with Crippen LogP contribution in [0.4, 0.5) is 0 Å². The molecule has 1 aliphatic carbocycles. The van der Waals surface area contributed by atoms with Gasteiger partial charge in [-0.25, -0.2) is 0 Å². The van der Waals surface area contributed by atoms with Gasteiger partial charge in [0.05, 0.1) is 6.07 Å². The molecule has 0 aromatic heterocycles. The molecule has 1 N–H and O–H groups in total. The second kappa shape index (κ2) is 7.11. The maximum absolute atomic E-state index is 9.33. The van der Waals surface area contributed by atoms with Crippen molar-refractivity contribution in [1.82, 2.24) is 10.2 Å². The van der Waals surface area contributed by atoms with Gasteiger partial charge in [0.2, 0.25) is 0 Å². The molecule has 3 heteroatoms. The molecule has 2 atom stereocenters. The van der Waals surface area contributed by atoms with Crippen molar-refractivity contribution >= 4 is 0 Å². The van der Waals surface area contributed by atoms with Gasteiger partial charge in [0.1, 0.15) is 5.54 Å². The topological polar surface area (TPSA) is 39.1 Å². The van der Waals surface area contributed by atoms with E-state index in [0.717, 1.165) is 31.7 Å². The van der Waals surface area contributed by atoms with E-state index in [-0.39, 0.29) is 5.54 Å². The fourth-order valence-electron chi connectivity index (χ4n) is 3.13. The number of hydrogen-bond acceptors (Lipinski definition) is 3. The fraction of sp³-hybridized carbons (Fsp3) is 0.933. The summed E-state index contributed by atoms with van der Waals surface area (Å²) < 4.78 is 0. The summed E-state index contributed by atoms with van der Waals surface area (Å²) in [6, 6.07) is 3.07. The van der Waals surface area contributed by atoms with Gasteiger partial charge in [-0.15, -0.1) is 0 Å². The zero-order valence-electron chi connectivity index (χ0n) is 12.5. The Morgan fingerprint density at radius 3 is 2.44 bits per heavy atom. The molecular weight excluding hydrogens is 222 g/mol. The van der Waals surface area contributed by atoms with Crippen LogP contribution in [0.3, 0.4) is 0 Å². The van der Waals surface area contributed by atoms with Crippen LogP contribution in [0.1, 0.15) is 52.9 Å². The van der Waals surface area contributed by atoms with Crippen LogP contribution in [0.15, 0.2) is 0 Å². The Labute approximate surface area is 113 Å². The minimum absolute atomic E-state index is 0.272. The summed E-state index contributed by atoms with van der Waals surface area (Å²) in [6.45, 7) is 9.10. The molecule has 0 aliphatic heterocycles. The predicted octanol–water partition coefficient (Wildman–Crippen LogP) is 2.78. The third kappa shape index (κ3) is 3.46. The minimum atomic E-state index is -0.272. The second-order valence-corrected chi connectivity index (χ2v) is 5.61. The molecule has 1 fully saturated rings. The van der Waals surface area contributed by atoms with E-state index in [1.807, 2.05) is 7.05 Å². The van der Waals surface area contributed by atoms with Gasteiger partial charge in [-0.05, 0) is 38.8 Å².